The van der Waals surface area contributed by atoms with Crippen LogP contribution in [0.2, 0.25) is 0 Å². The molecule has 100 valence electrons. The van der Waals surface area contributed by atoms with E-state index in [0.29, 0.717) is 0 Å². The van der Waals surface area contributed by atoms with Gasteiger partial charge in [0.05, 0.1) is 6.04 Å². The van der Waals surface area contributed by atoms with Crippen molar-refractivity contribution in [2.75, 3.05) is 0 Å². The summed E-state index contributed by atoms with van der Waals surface area (Å²) in [5, 5.41) is 12.4. The minimum Gasteiger partial charge on any atom is -0.508 e. The summed E-state index contributed by atoms with van der Waals surface area (Å²) in [6.45, 7) is 5.95. The molecular formula is C14H22N2O2. The van der Waals surface area contributed by atoms with Gasteiger partial charge in [0.25, 0.3) is 0 Å². The molecule has 1 aromatic carbocycles. The molecule has 0 spiro atoms. The molecule has 2 unspecified atom stereocenters. The molecule has 2 atom stereocenters. The van der Waals surface area contributed by atoms with Gasteiger partial charge in [-0.15, -0.1) is 0 Å². The number of phenolic OH excluding ortho intramolecular Hbond substituents is 1. The van der Waals surface area contributed by atoms with Crippen LogP contribution in [0.5, 0.6) is 5.75 Å². The van der Waals surface area contributed by atoms with Crippen LogP contribution in [-0.2, 0) is 11.2 Å². The number of carbonyl (C=O) groups is 1. The van der Waals surface area contributed by atoms with Gasteiger partial charge >= 0.3 is 0 Å². The molecule has 1 aromatic rings. The summed E-state index contributed by atoms with van der Waals surface area (Å²) in [4.78, 5) is 11.3. The van der Waals surface area contributed by atoms with Gasteiger partial charge in [0, 0.05) is 6.04 Å². The van der Waals surface area contributed by atoms with Crippen LogP contribution >= 0.6 is 0 Å². The molecule has 4 N–H and O–H groups in total. The molecule has 1 rings (SSSR count). The van der Waals surface area contributed by atoms with E-state index < -0.39 is 0 Å². The van der Waals surface area contributed by atoms with E-state index in [1.54, 1.807) is 12.1 Å². The second-order valence-electron chi connectivity index (χ2n) is 5.06. The number of amides is 1. The summed E-state index contributed by atoms with van der Waals surface area (Å²) < 4.78 is 0. The minimum absolute atomic E-state index is 0.148. The highest BCUT2D eigenvalue weighted by Crippen LogP contribution is 2.12. The zero-order valence-electron chi connectivity index (χ0n) is 11.2. The lowest BCUT2D eigenvalue weighted by Crippen LogP contribution is -2.49. The zero-order chi connectivity index (χ0) is 13.7. The third kappa shape index (κ3) is 4.37. The first kappa shape index (κ1) is 14.5. The van der Waals surface area contributed by atoms with Crippen molar-refractivity contribution in [2.45, 2.75) is 39.3 Å². The zero-order valence-corrected chi connectivity index (χ0v) is 11.2. The highest BCUT2D eigenvalue weighted by Gasteiger charge is 2.21. The Labute approximate surface area is 108 Å². The van der Waals surface area contributed by atoms with Crippen molar-refractivity contribution in [3.05, 3.63) is 29.8 Å². The molecule has 0 fully saturated rings. The maximum Gasteiger partial charge on any atom is 0.234 e. The topological polar surface area (TPSA) is 75.3 Å². The van der Waals surface area contributed by atoms with E-state index in [2.05, 4.69) is 5.32 Å². The van der Waals surface area contributed by atoms with Gasteiger partial charge in [0.2, 0.25) is 5.91 Å². The van der Waals surface area contributed by atoms with Crippen molar-refractivity contribution in [1.29, 1.82) is 0 Å². The van der Waals surface area contributed by atoms with Gasteiger partial charge in [-0.05, 0) is 37.0 Å². The molecular weight excluding hydrogens is 228 g/mol. The van der Waals surface area contributed by atoms with Crippen LogP contribution in [-0.4, -0.2) is 23.1 Å². The van der Waals surface area contributed by atoms with Crippen molar-refractivity contribution in [1.82, 2.24) is 5.32 Å². The second kappa shape index (κ2) is 6.40. The van der Waals surface area contributed by atoms with Gasteiger partial charge in [-0.3, -0.25) is 4.79 Å². The second-order valence-corrected chi connectivity index (χ2v) is 5.06. The number of primary amides is 1. The van der Waals surface area contributed by atoms with E-state index in [0.717, 1.165) is 12.0 Å². The number of aromatic hydroxyl groups is 1. The van der Waals surface area contributed by atoms with Gasteiger partial charge in [-0.25, -0.2) is 0 Å². The van der Waals surface area contributed by atoms with Gasteiger partial charge in [0.15, 0.2) is 0 Å². The first-order valence-corrected chi connectivity index (χ1v) is 6.23. The van der Waals surface area contributed by atoms with Crippen LogP contribution in [0.15, 0.2) is 24.3 Å². The number of rotatable bonds is 6. The van der Waals surface area contributed by atoms with E-state index >= 15 is 0 Å². The maximum absolute atomic E-state index is 11.3. The first-order valence-electron chi connectivity index (χ1n) is 6.23. The highest BCUT2D eigenvalue weighted by atomic mass is 16.3. The molecule has 0 saturated carbocycles. The van der Waals surface area contributed by atoms with Crippen molar-refractivity contribution >= 4 is 5.91 Å². The number of hydrogen-bond acceptors (Lipinski definition) is 3. The molecule has 0 aliphatic heterocycles. The molecule has 0 aromatic heterocycles. The Morgan fingerprint density at radius 2 is 1.83 bits per heavy atom. The van der Waals surface area contributed by atoms with Crippen molar-refractivity contribution < 1.29 is 9.90 Å². The third-order valence-electron chi connectivity index (χ3n) is 2.92. The van der Waals surface area contributed by atoms with Crippen LogP contribution in [0, 0.1) is 5.92 Å². The van der Waals surface area contributed by atoms with Gasteiger partial charge < -0.3 is 16.2 Å². The first-order chi connectivity index (χ1) is 8.40. The average molecular weight is 250 g/mol. The lowest BCUT2D eigenvalue weighted by atomic mass is 10.0. The molecule has 0 radical (unpaired) electrons. The van der Waals surface area contributed by atoms with Crippen LogP contribution in [0.25, 0.3) is 0 Å². The van der Waals surface area contributed by atoms with E-state index in [1.807, 2.05) is 32.9 Å². The van der Waals surface area contributed by atoms with Gasteiger partial charge in [-0.2, -0.15) is 0 Å². The summed E-state index contributed by atoms with van der Waals surface area (Å²) in [6, 6.07) is 6.92. The number of phenols is 1. The molecule has 0 heterocycles. The summed E-state index contributed by atoms with van der Waals surface area (Å²) in [5.74, 6) is 0.115. The van der Waals surface area contributed by atoms with E-state index in [9.17, 15) is 9.90 Å². The smallest absolute Gasteiger partial charge is 0.234 e. The molecule has 1 amide bonds. The van der Waals surface area contributed by atoms with Gasteiger partial charge in [-0.1, -0.05) is 26.0 Å². The Balaban J connectivity index is 2.57. The molecule has 0 aliphatic rings. The molecule has 18 heavy (non-hydrogen) atoms. The Morgan fingerprint density at radius 1 is 1.28 bits per heavy atom. The fraction of sp³-hybridized carbons (Fsp3) is 0.500. The SMILES string of the molecule is CC(Cc1ccc(O)cc1)NC(C(N)=O)C(C)C. The highest BCUT2D eigenvalue weighted by molar-refractivity contribution is 5.80. The Kier molecular flexibility index (Phi) is 5.16. The molecule has 4 nitrogen and oxygen atoms in total. The number of hydrogen-bond donors (Lipinski definition) is 3. The monoisotopic (exact) mass is 250 g/mol. The van der Waals surface area contributed by atoms with E-state index in [1.165, 1.54) is 0 Å². The summed E-state index contributed by atoms with van der Waals surface area (Å²) in [6.07, 6.45) is 0.788. The number of benzene rings is 1. The quantitative estimate of drug-likeness (QED) is 0.714. The number of nitrogens with two attached hydrogens (primary N) is 1. The van der Waals surface area contributed by atoms with Gasteiger partial charge in [0.1, 0.15) is 5.75 Å². The Hall–Kier alpha value is -1.55. The predicted molar refractivity (Wildman–Crippen MR) is 72.2 cm³/mol. The lowest BCUT2D eigenvalue weighted by Gasteiger charge is -2.23. The standard InChI is InChI=1S/C14H22N2O2/c1-9(2)13(14(15)18)16-10(3)8-11-4-6-12(17)7-5-11/h4-7,9-10,13,16-17H,8H2,1-3H3,(H2,15,18). The predicted octanol–water partition coefficient (Wildman–Crippen LogP) is 1.42. The fourth-order valence-electron chi connectivity index (χ4n) is 1.95. The average Bonchev–Trinajstić information content (AvgIpc) is 2.28. The molecule has 0 saturated heterocycles. The van der Waals surface area contributed by atoms with E-state index in [-0.39, 0.29) is 29.7 Å². The normalized spacial score (nSPS) is 14.4. The lowest BCUT2D eigenvalue weighted by molar-refractivity contribution is -0.121. The van der Waals surface area contributed by atoms with Crippen molar-refractivity contribution in [3.63, 3.8) is 0 Å². The summed E-state index contributed by atoms with van der Waals surface area (Å²) in [7, 11) is 0. The number of nitrogens with one attached hydrogen (secondary N) is 1. The third-order valence-corrected chi connectivity index (χ3v) is 2.92. The van der Waals surface area contributed by atoms with Crippen LogP contribution in [0.4, 0.5) is 0 Å². The van der Waals surface area contributed by atoms with Crippen molar-refractivity contribution in [2.24, 2.45) is 11.7 Å². The minimum atomic E-state index is -0.317. The summed E-state index contributed by atoms with van der Waals surface area (Å²) in [5.41, 5.74) is 6.48. The van der Waals surface area contributed by atoms with E-state index in [4.69, 9.17) is 5.73 Å². The number of carbonyl (C=O) groups excluding carboxylic acids is 1. The van der Waals surface area contributed by atoms with Crippen LogP contribution in [0.3, 0.4) is 0 Å². The Bertz CT molecular complexity index is 387. The largest absolute Gasteiger partial charge is 0.508 e. The fourth-order valence-corrected chi connectivity index (χ4v) is 1.95. The maximum atomic E-state index is 11.3. The Morgan fingerprint density at radius 3 is 2.28 bits per heavy atom. The molecule has 0 aliphatic carbocycles. The molecule has 4 heteroatoms. The van der Waals surface area contributed by atoms with Crippen LogP contribution in [0.1, 0.15) is 26.3 Å². The van der Waals surface area contributed by atoms with Crippen molar-refractivity contribution in [3.8, 4) is 5.75 Å². The van der Waals surface area contributed by atoms with Crippen LogP contribution < -0.4 is 11.1 Å². The summed E-state index contributed by atoms with van der Waals surface area (Å²) >= 11 is 0. The molecule has 0 bridgehead atoms.